The minimum absolute atomic E-state index is 0.260. The van der Waals surface area contributed by atoms with E-state index in [4.69, 9.17) is 16.3 Å². The van der Waals surface area contributed by atoms with E-state index in [9.17, 15) is 9.59 Å². The van der Waals surface area contributed by atoms with Crippen LogP contribution in [0.4, 0.5) is 16.4 Å². The van der Waals surface area contributed by atoms with E-state index < -0.39 is 17.2 Å². The summed E-state index contributed by atoms with van der Waals surface area (Å²) < 4.78 is 5.58. The number of hydrogen-bond acceptors (Lipinski definition) is 9. The van der Waals surface area contributed by atoms with E-state index in [2.05, 4.69) is 35.8 Å². The van der Waals surface area contributed by atoms with Crippen LogP contribution in [0.1, 0.15) is 55.8 Å². The third-order valence-electron chi connectivity index (χ3n) is 7.12. The largest absolute Gasteiger partial charge is 0.444 e. The highest BCUT2D eigenvalue weighted by molar-refractivity contribution is 7.09. The summed E-state index contributed by atoms with van der Waals surface area (Å²) in [5, 5.41) is 12.9. The SMILES string of the molecule is CC(C)(C)OC(=O)NC1(C(=O)NC(Cc2nccs2)c2ccc(Cl)cc2)CCN(c2ncnc3c2CCN3)CC1. The number of fused-ring (bicyclic) bond motifs is 1. The van der Waals surface area contributed by atoms with Crippen LogP contribution in [-0.4, -0.2) is 57.7 Å². The zero-order valence-electron chi connectivity index (χ0n) is 22.9. The van der Waals surface area contributed by atoms with Gasteiger partial charge in [0, 0.05) is 48.2 Å². The molecule has 1 aromatic carbocycles. The average Bonchev–Trinajstić information content (AvgIpc) is 3.60. The van der Waals surface area contributed by atoms with Gasteiger partial charge in [-0.05, 0) is 57.7 Å². The molecule has 1 unspecified atom stereocenters. The summed E-state index contributed by atoms with van der Waals surface area (Å²) in [5.74, 6) is 1.48. The number of nitrogens with one attached hydrogen (secondary N) is 3. The number of thiazole rings is 1. The molecular formula is C28H34ClN7O3S. The summed E-state index contributed by atoms with van der Waals surface area (Å²) in [7, 11) is 0. The van der Waals surface area contributed by atoms with Gasteiger partial charge in [-0.25, -0.2) is 19.7 Å². The molecule has 0 saturated carbocycles. The van der Waals surface area contributed by atoms with E-state index in [0.29, 0.717) is 37.4 Å². The molecular weight excluding hydrogens is 550 g/mol. The highest BCUT2D eigenvalue weighted by Crippen LogP contribution is 2.33. The van der Waals surface area contributed by atoms with Crippen molar-refractivity contribution in [1.82, 2.24) is 25.6 Å². The van der Waals surface area contributed by atoms with Crippen molar-refractivity contribution in [3.8, 4) is 0 Å². The van der Waals surface area contributed by atoms with Crippen molar-refractivity contribution in [2.24, 2.45) is 0 Å². The van der Waals surface area contributed by atoms with Crippen LogP contribution in [0, 0.1) is 0 Å². The van der Waals surface area contributed by atoms with Crippen molar-refractivity contribution in [3.63, 3.8) is 0 Å². The van der Waals surface area contributed by atoms with Gasteiger partial charge in [-0.2, -0.15) is 0 Å². The van der Waals surface area contributed by atoms with E-state index in [1.807, 2.05) is 17.5 Å². The second kappa shape index (κ2) is 11.6. The predicted octanol–water partition coefficient (Wildman–Crippen LogP) is 4.52. The average molecular weight is 584 g/mol. The fraction of sp³-hybridized carbons (Fsp3) is 0.464. The lowest BCUT2D eigenvalue weighted by atomic mass is 9.85. The Morgan fingerprint density at radius 3 is 2.60 bits per heavy atom. The molecule has 0 bridgehead atoms. The smallest absolute Gasteiger partial charge is 0.408 e. The lowest BCUT2D eigenvalue weighted by molar-refractivity contribution is -0.129. The molecule has 2 amide bonds. The molecule has 1 fully saturated rings. The number of ether oxygens (including phenoxy) is 1. The quantitative estimate of drug-likeness (QED) is 0.371. The molecule has 1 saturated heterocycles. The van der Waals surface area contributed by atoms with Crippen LogP contribution in [-0.2, 0) is 22.4 Å². The molecule has 40 heavy (non-hydrogen) atoms. The number of alkyl carbamates (subject to hydrolysis) is 1. The molecule has 2 aliphatic heterocycles. The number of carbonyl (C=O) groups excluding carboxylic acids is 2. The van der Waals surface area contributed by atoms with Crippen molar-refractivity contribution in [3.05, 3.63) is 63.3 Å². The predicted molar refractivity (Wildman–Crippen MR) is 156 cm³/mol. The first-order chi connectivity index (χ1) is 19.1. The maximum atomic E-state index is 14.2. The van der Waals surface area contributed by atoms with Gasteiger partial charge in [-0.15, -0.1) is 11.3 Å². The number of halogens is 1. The van der Waals surface area contributed by atoms with Crippen LogP contribution in [0.5, 0.6) is 0 Å². The standard InChI is InChI=1S/C28H34ClN7O3S/c1-27(2,3)39-26(38)35-28(9-13-36(14-10-28)24-20-8-11-31-23(20)32-17-33-24)25(37)34-21(16-22-30-12-15-40-22)18-4-6-19(29)7-5-18/h4-7,12,15,17,21H,8-11,13-14,16H2,1-3H3,(H,34,37)(H,35,38)(H,31,32,33). The molecule has 1 atom stereocenters. The summed E-state index contributed by atoms with van der Waals surface area (Å²) in [6.07, 6.45) is 4.83. The highest BCUT2D eigenvalue weighted by Gasteiger charge is 2.45. The van der Waals surface area contributed by atoms with Crippen molar-refractivity contribution in [1.29, 1.82) is 0 Å². The van der Waals surface area contributed by atoms with Crippen molar-refractivity contribution < 1.29 is 14.3 Å². The van der Waals surface area contributed by atoms with Crippen LogP contribution < -0.4 is 20.9 Å². The minimum Gasteiger partial charge on any atom is -0.444 e. The first kappa shape index (κ1) is 28.1. The van der Waals surface area contributed by atoms with Gasteiger partial charge >= 0.3 is 6.09 Å². The van der Waals surface area contributed by atoms with Gasteiger partial charge in [0.25, 0.3) is 0 Å². The normalized spacial score (nSPS) is 16.9. The minimum atomic E-state index is -1.17. The first-order valence-electron chi connectivity index (χ1n) is 13.4. The van der Waals surface area contributed by atoms with E-state index in [0.717, 1.165) is 40.7 Å². The van der Waals surface area contributed by atoms with Crippen LogP contribution in [0.25, 0.3) is 0 Å². The number of nitrogens with zero attached hydrogens (tertiary/aromatic N) is 4. The van der Waals surface area contributed by atoms with Crippen molar-refractivity contribution in [2.45, 2.75) is 63.6 Å². The second-order valence-corrected chi connectivity index (χ2v) is 12.5. The number of aromatic nitrogens is 3. The van der Waals surface area contributed by atoms with Crippen LogP contribution in [0.15, 0.2) is 42.2 Å². The third kappa shape index (κ3) is 6.47. The van der Waals surface area contributed by atoms with Crippen molar-refractivity contribution in [2.75, 3.05) is 29.9 Å². The molecule has 5 rings (SSSR count). The maximum Gasteiger partial charge on any atom is 0.408 e. The molecule has 2 aliphatic rings. The summed E-state index contributed by atoms with van der Waals surface area (Å²) in [5.41, 5.74) is 0.127. The van der Waals surface area contributed by atoms with Gasteiger partial charge < -0.3 is 25.6 Å². The van der Waals surface area contributed by atoms with Crippen molar-refractivity contribution >= 4 is 46.6 Å². The summed E-state index contributed by atoms with van der Waals surface area (Å²) in [6, 6.07) is 7.06. The first-order valence-corrected chi connectivity index (χ1v) is 14.7. The number of amides is 2. The lowest BCUT2D eigenvalue weighted by Gasteiger charge is -2.42. The number of piperidine rings is 1. The fourth-order valence-electron chi connectivity index (χ4n) is 5.14. The topological polar surface area (TPSA) is 121 Å². The molecule has 0 spiro atoms. The number of carbonyl (C=O) groups is 2. The summed E-state index contributed by atoms with van der Waals surface area (Å²) in [4.78, 5) is 42.7. The van der Waals surface area contributed by atoms with Crippen LogP contribution >= 0.6 is 22.9 Å². The number of benzene rings is 1. The van der Waals surface area contributed by atoms with Gasteiger partial charge in [-0.1, -0.05) is 23.7 Å². The monoisotopic (exact) mass is 583 g/mol. The maximum absolute atomic E-state index is 14.2. The summed E-state index contributed by atoms with van der Waals surface area (Å²) >= 11 is 7.67. The van der Waals surface area contributed by atoms with E-state index in [1.54, 1.807) is 45.4 Å². The van der Waals surface area contributed by atoms with E-state index in [1.165, 1.54) is 11.3 Å². The van der Waals surface area contributed by atoms with Gasteiger partial charge in [0.2, 0.25) is 5.91 Å². The fourth-order valence-corrected chi connectivity index (χ4v) is 5.93. The Balaban J connectivity index is 1.39. The number of rotatable bonds is 7. The summed E-state index contributed by atoms with van der Waals surface area (Å²) in [6.45, 7) is 7.30. The Hall–Kier alpha value is -3.44. The Morgan fingerprint density at radius 2 is 1.93 bits per heavy atom. The molecule has 12 heteroatoms. The number of anilines is 2. The zero-order valence-corrected chi connectivity index (χ0v) is 24.4. The third-order valence-corrected chi connectivity index (χ3v) is 8.18. The van der Waals surface area contributed by atoms with E-state index >= 15 is 0 Å². The Bertz CT molecular complexity index is 1340. The molecule has 0 radical (unpaired) electrons. The van der Waals surface area contributed by atoms with Gasteiger partial charge in [0.1, 0.15) is 29.1 Å². The Morgan fingerprint density at radius 1 is 1.18 bits per heavy atom. The van der Waals surface area contributed by atoms with Gasteiger partial charge in [0.15, 0.2) is 0 Å². The molecule has 212 valence electrons. The highest BCUT2D eigenvalue weighted by atomic mass is 35.5. The van der Waals surface area contributed by atoms with Gasteiger partial charge in [0.05, 0.1) is 11.0 Å². The molecule has 10 nitrogen and oxygen atoms in total. The number of hydrogen-bond donors (Lipinski definition) is 3. The van der Waals surface area contributed by atoms with Crippen LogP contribution in [0.3, 0.4) is 0 Å². The molecule has 3 aromatic rings. The lowest BCUT2D eigenvalue weighted by Crippen LogP contribution is -2.64. The van der Waals surface area contributed by atoms with E-state index in [-0.39, 0.29) is 11.9 Å². The Kier molecular flexibility index (Phi) is 8.14. The molecule has 4 heterocycles. The zero-order chi connectivity index (χ0) is 28.3. The second-order valence-electron chi connectivity index (χ2n) is 11.1. The molecule has 2 aromatic heterocycles. The molecule has 3 N–H and O–H groups in total. The van der Waals surface area contributed by atoms with Crippen LogP contribution in [0.2, 0.25) is 5.02 Å². The Labute approximate surface area is 242 Å². The van der Waals surface area contributed by atoms with Gasteiger partial charge in [-0.3, -0.25) is 4.79 Å². The molecule has 0 aliphatic carbocycles.